The monoisotopic (exact) mass is 391 g/mol. The second-order valence-corrected chi connectivity index (χ2v) is 6.30. The van der Waals surface area contributed by atoms with Gasteiger partial charge in [-0.25, -0.2) is 0 Å². The van der Waals surface area contributed by atoms with E-state index in [0.717, 1.165) is 10.0 Å². The Bertz CT molecular complexity index is 688. The number of amides is 1. The zero-order valence-corrected chi connectivity index (χ0v) is 14.2. The first-order valence-electron chi connectivity index (χ1n) is 5.60. The minimum absolute atomic E-state index is 0.260. The van der Waals surface area contributed by atoms with Gasteiger partial charge in [-0.2, -0.15) is 0 Å². The van der Waals surface area contributed by atoms with Crippen molar-refractivity contribution in [1.82, 2.24) is 0 Å². The molecular formula is C14H9BrCl3NO. The van der Waals surface area contributed by atoms with E-state index in [1.165, 1.54) is 12.1 Å². The average molecular weight is 393 g/mol. The molecule has 0 aliphatic carbocycles. The molecule has 0 fully saturated rings. The fourth-order valence-electron chi connectivity index (χ4n) is 1.65. The van der Waals surface area contributed by atoms with E-state index >= 15 is 0 Å². The first-order chi connectivity index (χ1) is 9.38. The third-order valence-corrected chi connectivity index (χ3v) is 4.23. The van der Waals surface area contributed by atoms with Gasteiger partial charge in [0.15, 0.2) is 0 Å². The van der Waals surface area contributed by atoms with Crippen molar-refractivity contribution in [2.24, 2.45) is 0 Å². The van der Waals surface area contributed by atoms with Crippen molar-refractivity contribution < 1.29 is 4.79 Å². The smallest absolute Gasteiger partial charge is 0.256 e. The summed E-state index contributed by atoms with van der Waals surface area (Å²) >= 11 is 21.2. The molecule has 2 aromatic carbocycles. The summed E-state index contributed by atoms with van der Waals surface area (Å²) in [6.07, 6.45) is 0. The maximum Gasteiger partial charge on any atom is 0.256 e. The van der Waals surface area contributed by atoms with Gasteiger partial charge in [0.05, 0.1) is 20.8 Å². The highest BCUT2D eigenvalue weighted by Gasteiger charge is 2.13. The standard InChI is InChI=1S/C14H9BrCl3NO/c1-7-2-3-8(15)4-9(7)14(20)19-13-6-11(17)10(16)5-12(13)18/h2-6H,1H3,(H,19,20). The molecule has 0 aliphatic rings. The number of halogens is 4. The molecule has 1 amide bonds. The molecule has 6 heteroatoms. The van der Waals surface area contributed by atoms with Crippen LogP contribution >= 0.6 is 50.7 Å². The summed E-state index contributed by atoms with van der Waals surface area (Å²) in [6.45, 7) is 1.86. The molecule has 1 N–H and O–H groups in total. The molecule has 2 aromatic rings. The lowest BCUT2D eigenvalue weighted by Crippen LogP contribution is -2.13. The number of hydrogen-bond acceptors (Lipinski definition) is 1. The van der Waals surface area contributed by atoms with Gasteiger partial charge in [-0.15, -0.1) is 0 Å². The summed E-state index contributed by atoms with van der Waals surface area (Å²) in [6, 6.07) is 8.50. The van der Waals surface area contributed by atoms with Crippen LogP contribution < -0.4 is 5.32 Å². The van der Waals surface area contributed by atoms with Crippen LogP contribution in [0.5, 0.6) is 0 Å². The third-order valence-electron chi connectivity index (χ3n) is 2.70. The molecular weight excluding hydrogens is 384 g/mol. The van der Waals surface area contributed by atoms with Crippen molar-refractivity contribution in [3.8, 4) is 0 Å². The minimum atomic E-state index is -0.260. The Hall–Kier alpha value is -0.740. The van der Waals surface area contributed by atoms with Gasteiger partial charge in [0.25, 0.3) is 5.91 Å². The SMILES string of the molecule is Cc1ccc(Br)cc1C(=O)Nc1cc(Cl)c(Cl)cc1Cl. The number of rotatable bonds is 2. The quantitative estimate of drug-likeness (QED) is 0.626. The summed E-state index contributed by atoms with van der Waals surface area (Å²) in [4.78, 5) is 12.3. The molecule has 0 bridgehead atoms. The highest BCUT2D eigenvalue weighted by Crippen LogP contribution is 2.32. The summed E-state index contributed by atoms with van der Waals surface area (Å²) in [5, 5.41) is 3.73. The summed E-state index contributed by atoms with van der Waals surface area (Å²) < 4.78 is 0.827. The minimum Gasteiger partial charge on any atom is -0.321 e. The van der Waals surface area contributed by atoms with Gasteiger partial charge in [-0.3, -0.25) is 4.79 Å². The third kappa shape index (κ3) is 3.47. The summed E-state index contributed by atoms with van der Waals surface area (Å²) in [7, 11) is 0. The lowest BCUT2D eigenvalue weighted by Gasteiger charge is -2.10. The second kappa shape index (κ2) is 6.35. The maximum atomic E-state index is 12.3. The summed E-state index contributed by atoms with van der Waals surface area (Å²) in [5.41, 5.74) is 1.84. The number of aryl methyl sites for hydroxylation is 1. The van der Waals surface area contributed by atoms with Crippen LogP contribution in [-0.2, 0) is 0 Å². The fourth-order valence-corrected chi connectivity index (χ4v) is 2.60. The largest absolute Gasteiger partial charge is 0.321 e. The highest BCUT2D eigenvalue weighted by molar-refractivity contribution is 9.10. The molecule has 104 valence electrons. The first-order valence-corrected chi connectivity index (χ1v) is 7.53. The Morgan fingerprint density at radius 3 is 2.40 bits per heavy atom. The number of benzene rings is 2. The molecule has 0 aliphatic heterocycles. The van der Waals surface area contributed by atoms with Gasteiger partial charge in [-0.1, -0.05) is 56.8 Å². The number of carbonyl (C=O) groups is 1. The fraction of sp³-hybridized carbons (Fsp3) is 0.0714. The van der Waals surface area contributed by atoms with Crippen LogP contribution in [0.25, 0.3) is 0 Å². The van der Waals surface area contributed by atoms with Crippen LogP contribution in [0.15, 0.2) is 34.8 Å². The van der Waals surface area contributed by atoms with E-state index < -0.39 is 0 Å². The molecule has 0 aromatic heterocycles. The van der Waals surface area contributed by atoms with Crippen molar-refractivity contribution in [1.29, 1.82) is 0 Å². The Morgan fingerprint density at radius 1 is 1.05 bits per heavy atom. The van der Waals surface area contributed by atoms with E-state index in [1.54, 1.807) is 6.07 Å². The zero-order valence-electron chi connectivity index (χ0n) is 10.3. The van der Waals surface area contributed by atoms with E-state index in [2.05, 4.69) is 21.2 Å². The van der Waals surface area contributed by atoms with Crippen molar-refractivity contribution in [2.75, 3.05) is 5.32 Å². The van der Waals surface area contributed by atoms with Crippen molar-refractivity contribution in [3.05, 3.63) is 61.0 Å². The van der Waals surface area contributed by atoms with Gasteiger partial charge in [0, 0.05) is 10.0 Å². The van der Waals surface area contributed by atoms with Crippen LogP contribution in [0, 0.1) is 6.92 Å². The van der Waals surface area contributed by atoms with Crippen molar-refractivity contribution >= 4 is 62.3 Å². The van der Waals surface area contributed by atoms with Gasteiger partial charge >= 0.3 is 0 Å². The molecule has 20 heavy (non-hydrogen) atoms. The average Bonchev–Trinajstić information content (AvgIpc) is 2.38. The molecule has 0 saturated heterocycles. The Balaban J connectivity index is 2.32. The topological polar surface area (TPSA) is 29.1 Å². The van der Waals surface area contributed by atoms with Crippen LogP contribution in [0.1, 0.15) is 15.9 Å². The van der Waals surface area contributed by atoms with Gasteiger partial charge in [0.2, 0.25) is 0 Å². The van der Waals surface area contributed by atoms with Gasteiger partial charge in [0.1, 0.15) is 0 Å². The van der Waals surface area contributed by atoms with Crippen molar-refractivity contribution in [2.45, 2.75) is 6.92 Å². The number of anilines is 1. The van der Waals surface area contributed by atoms with Crippen molar-refractivity contribution in [3.63, 3.8) is 0 Å². The van der Waals surface area contributed by atoms with E-state index in [1.807, 2.05) is 19.1 Å². The van der Waals surface area contributed by atoms with Crippen LogP contribution in [0.4, 0.5) is 5.69 Å². The normalized spacial score (nSPS) is 10.4. The maximum absolute atomic E-state index is 12.3. The number of hydrogen-bond donors (Lipinski definition) is 1. The first kappa shape index (κ1) is 15.6. The van der Waals surface area contributed by atoms with Crippen LogP contribution in [0.3, 0.4) is 0 Å². The van der Waals surface area contributed by atoms with Gasteiger partial charge in [-0.05, 0) is 36.8 Å². The number of carbonyl (C=O) groups excluding carboxylic acids is 1. The molecule has 0 radical (unpaired) electrons. The molecule has 0 heterocycles. The zero-order chi connectivity index (χ0) is 14.9. The predicted molar refractivity (Wildman–Crippen MR) is 88.3 cm³/mol. The summed E-state index contributed by atoms with van der Waals surface area (Å²) in [5.74, 6) is -0.260. The Labute approximate surface area is 140 Å². The second-order valence-electron chi connectivity index (χ2n) is 4.16. The van der Waals surface area contributed by atoms with E-state index in [9.17, 15) is 4.79 Å². The van der Waals surface area contributed by atoms with E-state index in [0.29, 0.717) is 26.3 Å². The Morgan fingerprint density at radius 2 is 1.70 bits per heavy atom. The highest BCUT2D eigenvalue weighted by atomic mass is 79.9. The Kier molecular flexibility index (Phi) is 4.97. The number of nitrogens with one attached hydrogen (secondary N) is 1. The molecule has 0 atom stereocenters. The van der Waals surface area contributed by atoms with Crippen LogP contribution in [0.2, 0.25) is 15.1 Å². The van der Waals surface area contributed by atoms with Crippen LogP contribution in [-0.4, -0.2) is 5.91 Å². The molecule has 2 rings (SSSR count). The molecule has 2 nitrogen and oxygen atoms in total. The molecule has 0 saturated carbocycles. The lowest BCUT2D eigenvalue weighted by atomic mass is 10.1. The predicted octanol–water partition coefficient (Wildman–Crippen LogP) is 5.97. The van der Waals surface area contributed by atoms with Gasteiger partial charge < -0.3 is 5.32 Å². The lowest BCUT2D eigenvalue weighted by molar-refractivity contribution is 0.102. The van der Waals surface area contributed by atoms with E-state index in [4.69, 9.17) is 34.8 Å². The molecule has 0 unspecified atom stereocenters. The molecule has 0 spiro atoms. The van der Waals surface area contributed by atoms with E-state index in [-0.39, 0.29) is 5.91 Å².